The molecule has 0 spiro atoms. The number of aromatic nitrogens is 1. The zero-order chi connectivity index (χ0) is 16.9. The summed E-state index contributed by atoms with van der Waals surface area (Å²) in [7, 11) is 0. The lowest BCUT2D eigenvalue weighted by Crippen LogP contribution is -2.37. The number of hydrogen-bond acceptors (Lipinski definition) is 4. The van der Waals surface area contributed by atoms with Crippen LogP contribution < -0.4 is 5.32 Å². The number of rotatable bonds is 3. The monoisotopic (exact) mass is 329 g/mol. The minimum absolute atomic E-state index is 0.213. The summed E-state index contributed by atoms with van der Waals surface area (Å²) < 4.78 is 5.75. The number of carbonyl (C=O) groups excluding carboxylic acids is 1. The first-order chi connectivity index (χ1) is 11.4. The van der Waals surface area contributed by atoms with Gasteiger partial charge in [-0.05, 0) is 38.3 Å². The van der Waals surface area contributed by atoms with Crippen LogP contribution in [0, 0.1) is 5.41 Å². The summed E-state index contributed by atoms with van der Waals surface area (Å²) in [6.45, 7) is 2.32. The fourth-order valence-corrected chi connectivity index (χ4v) is 3.04. The summed E-state index contributed by atoms with van der Waals surface area (Å²) >= 11 is 0. The van der Waals surface area contributed by atoms with E-state index < -0.39 is 11.4 Å². The molecule has 1 aromatic heterocycles. The number of carboxylic acids is 1. The Morgan fingerprint density at radius 1 is 1.42 bits per heavy atom. The minimum atomic E-state index is -0.870. The van der Waals surface area contributed by atoms with Gasteiger partial charge in [0.2, 0.25) is 0 Å². The molecule has 4 rings (SSSR count). The number of nitrogens with zero attached hydrogens (tertiary/aromatic N) is 2. The highest BCUT2D eigenvalue weighted by Crippen LogP contribution is 2.40. The molecule has 0 bridgehead atoms. The highest BCUT2D eigenvalue weighted by Gasteiger charge is 2.42. The van der Waals surface area contributed by atoms with Crippen LogP contribution >= 0.6 is 0 Å². The predicted octanol–water partition coefficient (Wildman–Crippen LogP) is 3.03. The molecule has 1 aliphatic carbocycles. The lowest BCUT2D eigenvalue weighted by atomic mass is 9.90. The smallest absolute Gasteiger partial charge is 0.321 e. The SMILES string of the molecule is CC1(C(=O)O)CCN(C(=O)Nc2ccc3nc(C4CC4)oc3c2)C1. The molecule has 2 fully saturated rings. The summed E-state index contributed by atoms with van der Waals surface area (Å²) in [5, 5.41) is 12.1. The Kier molecular flexibility index (Phi) is 3.26. The first-order valence-corrected chi connectivity index (χ1v) is 8.14. The van der Waals surface area contributed by atoms with Gasteiger partial charge in [0.15, 0.2) is 11.5 Å². The number of carbonyl (C=O) groups is 2. The summed E-state index contributed by atoms with van der Waals surface area (Å²) in [6.07, 6.45) is 2.70. The first-order valence-electron chi connectivity index (χ1n) is 8.14. The zero-order valence-electron chi connectivity index (χ0n) is 13.4. The molecule has 2 aromatic rings. The molecule has 1 aliphatic heterocycles. The number of likely N-dealkylation sites (tertiary alicyclic amines) is 1. The van der Waals surface area contributed by atoms with Gasteiger partial charge in [-0.3, -0.25) is 4.79 Å². The average Bonchev–Trinajstić information content (AvgIpc) is 3.18. The Labute approximate surface area is 138 Å². The highest BCUT2D eigenvalue weighted by molar-refractivity contribution is 5.92. The number of carboxylic acid groups (broad SMARTS) is 1. The van der Waals surface area contributed by atoms with Crippen molar-refractivity contribution >= 4 is 28.8 Å². The molecule has 7 nitrogen and oxygen atoms in total. The molecule has 2 heterocycles. The number of fused-ring (bicyclic) bond motifs is 1. The van der Waals surface area contributed by atoms with Crippen LogP contribution in [0.5, 0.6) is 0 Å². The van der Waals surface area contributed by atoms with E-state index in [0.717, 1.165) is 24.2 Å². The van der Waals surface area contributed by atoms with Crippen LogP contribution in [-0.4, -0.2) is 40.1 Å². The van der Waals surface area contributed by atoms with Crippen molar-refractivity contribution in [3.8, 4) is 0 Å². The van der Waals surface area contributed by atoms with Crippen LogP contribution in [0.2, 0.25) is 0 Å². The molecule has 7 heteroatoms. The third-order valence-electron chi connectivity index (χ3n) is 4.86. The van der Waals surface area contributed by atoms with Gasteiger partial charge in [0.25, 0.3) is 0 Å². The minimum Gasteiger partial charge on any atom is -0.481 e. The number of amides is 2. The molecule has 2 aliphatic rings. The van der Waals surface area contributed by atoms with E-state index in [2.05, 4.69) is 10.3 Å². The zero-order valence-corrected chi connectivity index (χ0v) is 13.4. The quantitative estimate of drug-likeness (QED) is 0.902. The second-order valence-electron chi connectivity index (χ2n) is 6.98. The molecule has 2 N–H and O–H groups in total. The van der Waals surface area contributed by atoms with Gasteiger partial charge in [-0.25, -0.2) is 9.78 Å². The lowest BCUT2D eigenvalue weighted by Gasteiger charge is -2.20. The maximum absolute atomic E-state index is 12.4. The van der Waals surface area contributed by atoms with Crippen molar-refractivity contribution in [2.24, 2.45) is 5.41 Å². The van der Waals surface area contributed by atoms with Crippen molar-refractivity contribution in [1.82, 2.24) is 9.88 Å². The van der Waals surface area contributed by atoms with Gasteiger partial charge in [-0.1, -0.05) is 0 Å². The largest absolute Gasteiger partial charge is 0.481 e. The Bertz CT molecular complexity index is 826. The molecular weight excluding hydrogens is 310 g/mol. The molecule has 1 saturated carbocycles. The van der Waals surface area contributed by atoms with Gasteiger partial charge in [0.05, 0.1) is 5.41 Å². The molecule has 1 atom stereocenters. The third kappa shape index (κ3) is 2.60. The number of benzene rings is 1. The molecule has 126 valence electrons. The molecule has 1 saturated heterocycles. The Hall–Kier alpha value is -2.57. The molecule has 2 amide bonds. The maximum Gasteiger partial charge on any atom is 0.321 e. The molecule has 1 aromatic carbocycles. The van der Waals surface area contributed by atoms with Crippen molar-refractivity contribution in [2.45, 2.75) is 32.1 Å². The van der Waals surface area contributed by atoms with Crippen LogP contribution in [0.3, 0.4) is 0 Å². The number of hydrogen-bond donors (Lipinski definition) is 2. The van der Waals surface area contributed by atoms with Crippen molar-refractivity contribution in [2.75, 3.05) is 18.4 Å². The van der Waals surface area contributed by atoms with E-state index in [-0.39, 0.29) is 12.6 Å². The molecule has 24 heavy (non-hydrogen) atoms. The van der Waals surface area contributed by atoms with Crippen LogP contribution in [0.25, 0.3) is 11.1 Å². The average molecular weight is 329 g/mol. The van der Waals surface area contributed by atoms with Crippen LogP contribution in [-0.2, 0) is 4.79 Å². The summed E-state index contributed by atoms with van der Waals surface area (Å²) in [5.74, 6) is 0.340. The molecule has 0 radical (unpaired) electrons. The second kappa shape index (κ2) is 5.22. The Balaban J connectivity index is 1.47. The fourth-order valence-electron chi connectivity index (χ4n) is 3.04. The lowest BCUT2D eigenvalue weighted by molar-refractivity contribution is -0.146. The number of nitrogens with one attached hydrogen (secondary N) is 1. The van der Waals surface area contributed by atoms with Crippen LogP contribution in [0.15, 0.2) is 22.6 Å². The Morgan fingerprint density at radius 2 is 2.21 bits per heavy atom. The summed E-state index contributed by atoms with van der Waals surface area (Å²) in [5.41, 5.74) is 1.20. The van der Waals surface area contributed by atoms with Crippen molar-refractivity contribution in [3.63, 3.8) is 0 Å². The fraction of sp³-hybridized carbons (Fsp3) is 0.471. The number of anilines is 1. The van der Waals surface area contributed by atoms with Crippen molar-refractivity contribution in [1.29, 1.82) is 0 Å². The molecule has 1 unspecified atom stereocenters. The van der Waals surface area contributed by atoms with E-state index >= 15 is 0 Å². The number of urea groups is 1. The van der Waals surface area contributed by atoms with Gasteiger partial charge in [0, 0.05) is 30.8 Å². The highest BCUT2D eigenvalue weighted by atomic mass is 16.4. The van der Waals surface area contributed by atoms with E-state index in [1.54, 1.807) is 19.1 Å². The van der Waals surface area contributed by atoms with E-state index in [1.807, 2.05) is 6.07 Å². The van der Waals surface area contributed by atoms with E-state index in [0.29, 0.717) is 30.2 Å². The maximum atomic E-state index is 12.4. The van der Waals surface area contributed by atoms with E-state index in [1.165, 1.54) is 4.90 Å². The van der Waals surface area contributed by atoms with Gasteiger partial charge in [-0.15, -0.1) is 0 Å². The molecular formula is C17H19N3O4. The van der Waals surface area contributed by atoms with Gasteiger partial charge in [-0.2, -0.15) is 0 Å². The van der Waals surface area contributed by atoms with E-state index in [4.69, 9.17) is 4.42 Å². The summed E-state index contributed by atoms with van der Waals surface area (Å²) in [4.78, 5) is 29.6. The van der Waals surface area contributed by atoms with Crippen molar-refractivity contribution in [3.05, 3.63) is 24.1 Å². The number of aliphatic carboxylic acids is 1. The first kappa shape index (κ1) is 15.0. The topological polar surface area (TPSA) is 95.7 Å². The normalized spacial score (nSPS) is 23.6. The van der Waals surface area contributed by atoms with E-state index in [9.17, 15) is 14.7 Å². The predicted molar refractivity (Wildman–Crippen MR) is 86.9 cm³/mol. The number of oxazole rings is 1. The van der Waals surface area contributed by atoms with Gasteiger partial charge < -0.3 is 19.7 Å². The summed E-state index contributed by atoms with van der Waals surface area (Å²) in [6, 6.07) is 5.08. The Morgan fingerprint density at radius 3 is 2.88 bits per heavy atom. The standard InChI is InChI=1S/C17H19N3O4/c1-17(15(21)22)6-7-20(9-17)16(23)18-11-4-5-12-13(8-11)24-14(19-12)10-2-3-10/h4-5,8,10H,2-3,6-7,9H2,1H3,(H,18,23)(H,21,22). The third-order valence-corrected chi connectivity index (χ3v) is 4.86. The van der Waals surface area contributed by atoms with Gasteiger partial charge in [0.1, 0.15) is 5.52 Å². The van der Waals surface area contributed by atoms with Gasteiger partial charge >= 0.3 is 12.0 Å². The second-order valence-corrected chi connectivity index (χ2v) is 6.98. The van der Waals surface area contributed by atoms with Crippen LogP contribution in [0.4, 0.5) is 10.5 Å². The van der Waals surface area contributed by atoms with Crippen molar-refractivity contribution < 1.29 is 19.1 Å². The van der Waals surface area contributed by atoms with Crippen LogP contribution in [0.1, 0.15) is 38.0 Å².